The predicted octanol–water partition coefficient (Wildman–Crippen LogP) is 3.79. The van der Waals surface area contributed by atoms with Gasteiger partial charge in [0.1, 0.15) is 0 Å². The molecule has 0 radical (unpaired) electrons. The van der Waals surface area contributed by atoms with Crippen LogP contribution in [0.1, 0.15) is 47.9 Å². The lowest BCUT2D eigenvalue weighted by atomic mass is 10.0. The van der Waals surface area contributed by atoms with Crippen molar-refractivity contribution in [3.8, 4) is 11.4 Å². The number of hydrogen-bond acceptors (Lipinski definition) is 4. The van der Waals surface area contributed by atoms with Crippen LogP contribution < -0.4 is 0 Å². The van der Waals surface area contributed by atoms with E-state index in [4.69, 9.17) is 4.74 Å². The zero-order chi connectivity index (χ0) is 18.5. The van der Waals surface area contributed by atoms with Crippen molar-refractivity contribution in [2.75, 3.05) is 19.7 Å². The summed E-state index contributed by atoms with van der Waals surface area (Å²) >= 11 is 0. The number of carbonyl (C=O) groups excluding carboxylic acids is 1. The molecule has 1 fully saturated rings. The number of benzene rings is 1. The van der Waals surface area contributed by atoms with Gasteiger partial charge >= 0.3 is 0 Å². The van der Waals surface area contributed by atoms with E-state index >= 15 is 0 Å². The van der Waals surface area contributed by atoms with Gasteiger partial charge in [0, 0.05) is 42.2 Å². The van der Waals surface area contributed by atoms with Crippen LogP contribution in [0, 0.1) is 13.8 Å². The lowest BCUT2D eigenvalue weighted by molar-refractivity contribution is 0.00211. The Labute approximate surface area is 155 Å². The van der Waals surface area contributed by atoms with Crippen LogP contribution in [-0.4, -0.2) is 46.6 Å². The third kappa shape index (κ3) is 4.47. The zero-order valence-corrected chi connectivity index (χ0v) is 15.9. The second-order valence-electron chi connectivity index (χ2n) is 6.94. The van der Waals surface area contributed by atoms with Gasteiger partial charge in [0.15, 0.2) is 5.82 Å². The van der Waals surface area contributed by atoms with E-state index in [1.54, 1.807) is 0 Å². The Morgan fingerprint density at radius 1 is 1.23 bits per heavy atom. The monoisotopic (exact) mass is 353 g/mol. The van der Waals surface area contributed by atoms with E-state index < -0.39 is 0 Å². The quantitative estimate of drug-likeness (QED) is 0.820. The highest BCUT2D eigenvalue weighted by Gasteiger charge is 2.25. The average Bonchev–Trinajstić information content (AvgIpc) is 2.65. The Kier molecular flexibility index (Phi) is 5.99. The smallest absolute Gasteiger partial charge is 0.253 e. The molecule has 2 aromatic rings. The molecule has 0 spiro atoms. The van der Waals surface area contributed by atoms with E-state index in [0.29, 0.717) is 17.9 Å². The second-order valence-corrected chi connectivity index (χ2v) is 6.94. The minimum Gasteiger partial charge on any atom is -0.376 e. The summed E-state index contributed by atoms with van der Waals surface area (Å²) in [6.07, 6.45) is 3.17. The summed E-state index contributed by atoms with van der Waals surface area (Å²) in [6, 6.07) is 9.56. The van der Waals surface area contributed by atoms with Gasteiger partial charge in [0.25, 0.3) is 5.91 Å². The summed E-state index contributed by atoms with van der Waals surface area (Å²) in [5, 5.41) is 0. The minimum atomic E-state index is 0.0565. The molecular formula is C21H27N3O2. The molecule has 1 aromatic carbocycles. The van der Waals surface area contributed by atoms with Gasteiger partial charge in [-0.3, -0.25) is 4.79 Å². The van der Waals surface area contributed by atoms with Gasteiger partial charge in [-0.15, -0.1) is 0 Å². The molecule has 0 saturated carbocycles. The summed E-state index contributed by atoms with van der Waals surface area (Å²) in [5.41, 5.74) is 3.41. The number of piperidine rings is 1. The summed E-state index contributed by atoms with van der Waals surface area (Å²) in [7, 11) is 0. The molecule has 0 aliphatic carbocycles. The molecule has 138 valence electrons. The molecule has 2 heterocycles. The normalized spacial score (nSPS) is 17.3. The van der Waals surface area contributed by atoms with E-state index in [1.165, 1.54) is 0 Å². The van der Waals surface area contributed by atoms with Crippen molar-refractivity contribution >= 4 is 5.91 Å². The third-order valence-corrected chi connectivity index (χ3v) is 4.57. The predicted molar refractivity (Wildman–Crippen MR) is 102 cm³/mol. The fourth-order valence-corrected chi connectivity index (χ4v) is 3.37. The number of amides is 1. The van der Waals surface area contributed by atoms with Crippen molar-refractivity contribution in [3.05, 3.63) is 47.3 Å². The fraction of sp³-hybridized carbons (Fsp3) is 0.476. The Morgan fingerprint density at radius 3 is 2.73 bits per heavy atom. The average molecular weight is 353 g/mol. The molecule has 1 aliphatic heterocycles. The van der Waals surface area contributed by atoms with Crippen LogP contribution in [-0.2, 0) is 4.74 Å². The van der Waals surface area contributed by atoms with E-state index in [9.17, 15) is 4.79 Å². The highest BCUT2D eigenvalue weighted by atomic mass is 16.5. The number of aromatic nitrogens is 2. The fourth-order valence-electron chi connectivity index (χ4n) is 3.37. The molecule has 1 aromatic heterocycles. The van der Waals surface area contributed by atoms with E-state index in [2.05, 4.69) is 16.9 Å². The molecule has 1 aliphatic rings. The summed E-state index contributed by atoms with van der Waals surface area (Å²) in [5.74, 6) is 0.723. The van der Waals surface area contributed by atoms with Gasteiger partial charge in [0.05, 0.1) is 6.10 Å². The van der Waals surface area contributed by atoms with Crippen molar-refractivity contribution < 1.29 is 9.53 Å². The summed E-state index contributed by atoms with van der Waals surface area (Å²) in [6.45, 7) is 8.23. The molecule has 0 bridgehead atoms. The Hall–Kier alpha value is -2.27. The first-order valence-corrected chi connectivity index (χ1v) is 9.40. The number of carbonyl (C=O) groups is 1. The number of hydrogen-bond donors (Lipinski definition) is 0. The van der Waals surface area contributed by atoms with Crippen molar-refractivity contribution in [1.82, 2.24) is 14.9 Å². The molecule has 0 N–H and O–H groups in total. The van der Waals surface area contributed by atoms with E-state index in [0.717, 1.165) is 49.4 Å². The highest BCUT2D eigenvalue weighted by molar-refractivity contribution is 5.95. The first-order chi connectivity index (χ1) is 12.6. The first kappa shape index (κ1) is 18.5. The van der Waals surface area contributed by atoms with Gasteiger partial charge < -0.3 is 9.64 Å². The van der Waals surface area contributed by atoms with Crippen LogP contribution in [0.2, 0.25) is 0 Å². The molecular weight excluding hydrogens is 326 g/mol. The van der Waals surface area contributed by atoms with Gasteiger partial charge in [-0.05, 0) is 51.3 Å². The zero-order valence-electron chi connectivity index (χ0n) is 15.9. The minimum absolute atomic E-state index is 0.0565. The largest absolute Gasteiger partial charge is 0.376 e. The van der Waals surface area contributed by atoms with Crippen LogP contribution in [0.3, 0.4) is 0 Å². The summed E-state index contributed by atoms with van der Waals surface area (Å²) < 4.78 is 5.85. The van der Waals surface area contributed by atoms with Crippen LogP contribution in [0.5, 0.6) is 0 Å². The van der Waals surface area contributed by atoms with Gasteiger partial charge in [-0.2, -0.15) is 0 Å². The van der Waals surface area contributed by atoms with Crippen molar-refractivity contribution in [3.63, 3.8) is 0 Å². The number of aryl methyl sites for hydroxylation is 2. The number of likely N-dealkylation sites (tertiary alicyclic amines) is 1. The van der Waals surface area contributed by atoms with Crippen molar-refractivity contribution in [2.24, 2.45) is 0 Å². The Morgan fingerprint density at radius 2 is 2.00 bits per heavy atom. The van der Waals surface area contributed by atoms with Gasteiger partial charge in [-0.25, -0.2) is 9.97 Å². The molecule has 1 saturated heterocycles. The van der Waals surface area contributed by atoms with Crippen LogP contribution in [0.4, 0.5) is 0 Å². The van der Waals surface area contributed by atoms with Crippen molar-refractivity contribution in [1.29, 1.82) is 0 Å². The maximum atomic E-state index is 13.0. The molecule has 26 heavy (non-hydrogen) atoms. The maximum absolute atomic E-state index is 13.0. The van der Waals surface area contributed by atoms with E-state index in [-0.39, 0.29) is 12.0 Å². The molecule has 5 heteroatoms. The highest BCUT2D eigenvalue weighted by Crippen LogP contribution is 2.21. The first-order valence-electron chi connectivity index (χ1n) is 9.40. The second kappa shape index (κ2) is 8.41. The third-order valence-electron chi connectivity index (χ3n) is 4.57. The van der Waals surface area contributed by atoms with Crippen LogP contribution in [0.25, 0.3) is 11.4 Å². The molecule has 5 nitrogen and oxygen atoms in total. The molecule has 0 unspecified atom stereocenters. The number of rotatable bonds is 5. The Bertz CT molecular complexity index is 755. The standard InChI is InChI=1S/C21H27N3O2/c1-4-11-26-19-9-6-10-24(14-19)21(25)18-8-5-7-17(13-18)20-22-15(2)12-16(3)23-20/h5,7-8,12-13,19H,4,6,9-11,14H2,1-3H3/t19-/m1/s1. The van der Waals surface area contributed by atoms with Gasteiger partial charge in [0.2, 0.25) is 0 Å². The summed E-state index contributed by atoms with van der Waals surface area (Å²) in [4.78, 5) is 23.9. The van der Waals surface area contributed by atoms with E-state index in [1.807, 2.05) is 49.1 Å². The van der Waals surface area contributed by atoms with Crippen LogP contribution >= 0.6 is 0 Å². The molecule has 1 amide bonds. The maximum Gasteiger partial charge on any atom is 0.253 e. The number of ether oxygens (including phenoxy) is 1. The number of nitrogens with zero attached hydrogens (tertiary/aromatic N) is 3. The molecule has 3 rings (SSSR count). The Balaban J connectivity index is 1.78. The van der Waals surface area contributed by atoms with Crippen LogP contribution in [0.15, 0.2) is 30.3 Å². The molecule has 1 atom stereocenters. The lowest BCUT2D eigenvalue weighted by Gasteiger charge is -2.32. The van der Waals surface area contributed by atoms with Crippen molar-refractivity contribution in [2.45, 2.75) is 46.1 Å². The SMILES string of the molecule is CCCO[C@@H]1CCCN(C(=O)c2cccc(-c3nc(C)cc(C)n3)c2)C1. The van der Waals surface area contributed by atoms with Gasteiger partial charge in [-0.1, -0.05) is 19.1 Å². The topological polar surface area (TPSA) is 55.3 Å². The lowest BCUT2D eigenvalue weighted by Crippen LogP contribution is -2.43.